The summed E-state index contributed by atoms with van der Waals surface area (Å²) >= 11 is 0. The van der Waals surface area contributed by atoms with E-state index in [1.54, 1.807) is 32.4 Å². The maximum Gasteiger partial charge on any atom is 0.193 e. The molecule has 0 unspecified atom stereocenters. The minimum atomic E-state index is -0.184. The SMILES string of the molecule is COc1ccc(/C=C/C(=O)c2c(OC)cccc2OCc2ccccc2)cc1. The Hall–Kier alpha value is -3.53. The first-order chi connectivity index (χ1) is 13.7. The zero-order valence-corrected chi connectivity index (χ0v) is 15.9. The monoisotopic (exact) mass is 374 g/mol. The summed E-state index contributed by atoms with van der Waals surface area (Å²) in [4.78, 5) is 12.9. The largest absolute Gasteiger partial charge is 0.497 e. The first-order valence-electron chi connectivity index (χ1n) is 8.91. The first-order valence-corrected chi connectivity index (χ1v) is 8.91. The highest BCUT2D eigenvalue weighted by atomic mass is 16.5. The Morgan fingerprint density at radius 2 is 1.54 bits per heavy atom. The zero-order valence-electron chi connectivity index (χ0n) is 15.9. The molecule has 142 valence electrons. The number of allylic oxidation sites excluding steroid dienone is 1. The van der Waals surface area contributed by atoms with Gasteiger partial charge in [0.2, 0.25) is 0 Å². The number of hydrogen-bond donors (Lipinski definition) is 0. The fraction of sp³-hybridized carbons (Fsp3) is 0.125. The Kier molecular flexibility index (Phi) is 6.47. The van der Waals surface area contributed by atoms with Crippen molar-refractivity contribution >= 4 is 11.9 Å². The van der Waals surface area contributed by atoms with Gasteiger partial charge in [-0.3, -0.25) is 4.79 Å². The molecule has 0 saturated carbocycles. The van der Waals surface area contributed by atoms with Gasteiger partial charge in [0.1, 0.15) is 29.4 Å². The summed E-state index contributed by atoms with van der Waals surface area (Å²) in [5, 5.41) is 0. The van der Waals surface area contributed by atoms with E-state index in [2.05, 4.69) is 0 Å². The molecular weight excluding hydrogens is 352 g/mol. The van der Waals surface area contributed by atoms with Crippen molar-refractivity contribution in [1.82, 2.24) is 0 Å². The number of methoxy groups -OCH3 is 2. The van der Waals surface area contributed by atoms with E-state index in [-0.39, 0.29) is 5.78 Å². The molecule has 0 bridgehead atoms. The van der Waals surface area contributed by atoms with Gasteiger partial charge >= 0.3 is 0 Å². The Morgan fingerprint density at radius 1 is 0.821 bits per heavy atom. The van der Waals surface area contributed by atoms with Crippen LogP contribution in [0.4, 0.5) is 0 Å². The average Bonchev–Trinajstić information content (AvgIpc) is 2.76. The number of ether oxygens (including phenoxy) is 3. The smallest absolute Gasteiger partial charge is 0.193 e. The van der Waals surface area contributed by atoms with Gasteiger partial charge in [-0.1, -0.05) is 54.6 Å². The van der Waals surface area contributed by atoms with Crippen LogP contribution in [0.25, 0.3) is 6.08 Å². The Morgan fingerprint density at radius 3 is 2.21 bits per heavy atom. The van der Waals surface area contributed by atoms with Crippen molar-refractivity contribution in [2.45, 2.75) is 6.61 Å². The normalized spacial score (nSPS) is 10.6. The van der Waals surface area contributed by atoms with Crippen LogP contribution in [0.5, 0.6) is 17.2 Å². The van der Waals surface area contributed by atoms with Crippen LogP contribution in [0, 0.1) is 0 Å². The van der Waals surface area contributed by atoms with Gasteiger partial charge in [0.25, 0.3) is 0 Å². The van der Waals surface area contributed by atoms with Gasteiger partial charge in [-0.05, 0) is 41.5 Å². The first kappa shape index (κ1) is 19.2. The molecule has 0 aliphatic rings. The molecule has 4 nitrogen and oxygen atoms in total. The number of hydrogen-bond acceptors (Lipinski definition) is 4. The van der Waals surface area contributed by atoms with E-state index in [0.717, 1.165) is 16.9 Å². The van der Waals surface area contributed by atoms with Crippen LogP contribution in [0.2, 0.25) is 0 Å². The number of rotatable bonds is 8. The van der Waals surface area contributed by atoms with Crippen LogP contribution in [-0.2, 0) is 6.61 Å². The van der Waals surface area contributed by atoms with Gasteiger partial charge in [0, 0.05) is 0 Å². The second-order valence-corrected chi connectivity index (χ2v) is 6.08. The summed E-state index contributed by atoms with van der Waals surface area (Å²) in [5.41, 5.74) is 2.33. The van der Waals surface area contributed by atoms with Crippen LogP contribution in [0.15, 0.2) is 78.9 Å². The van der Waals surface area contributed by atoms with Crippen LogP contribution in [0.3, 0.4) is 0 Å². The molecule has 3 aromatic carbocycles. The minimum absolute atomic E-state index is 0.184. The molecule has 0 aliphatic carbocycles. The lowest BCUT2D eigenvalue weighted by atomic mass is 10.1. The summed E-state index contributed by atoms with van der Waals surface area (Å²) in [7, 11) is 3.16. The van der Waals surface area contributed by atoms with Gasteiger partial charge in [-0.2, -0.15) is 0 Å². The zero-order chi connectivity index (χ0) is 19.8. The molecule has 0 amide bonds. The number of carbonyl (C=O) groups is 1. The summed E-state index contributed by atoms with van der Waals surface area (Å²) in [6, 6.07) is 22.6. The van der Waals surface area contributed by atoms with E-state index in [1.807, 2.05) is 60.7 Å². The molecule has 0 aromatic heterocycles. The van der Waals surface area contributed by atoms with Crippen molar-refractivity contribution in [3.05, 3.63) is 95.6 Å². The average molecular weight is 374 g/mol. The van der Waals surface area contributed by atoms with Crippen LogP contribution >= 0.6 is 0 Å². The number of carbonyl (C=O) groups excluding carboxylic acids is 1. The number of benzene rings is 3. The van der Waals surface area contributed by atoms with Crippen LogP contribution in [0.1, 0.15) is 21.5 Å². The molecule has 0 atom stereocenters. The molecule has 0 N–H and O–H groups in total. The van der Waals surface area contributed by atoms with Gasteiger partial charge in [0.05, 0.1) is 14.2 Å². The lowest BCUT2D eigenvalue weighted by Crippen LogP contribution is -2.05. The number of ketones is 1. The van der Waals surface area contributed by atoms with Crippen molar-refractivity contribution in [3.63, 3.8) is 0 Å². The van der Waals surface area contributed by atoms with Crippen LogP contribution < -0.4 is 14.2 Å². The third kappa shape index (κ3) is 4.80. The van der Waals surface area contributed by atoms with Gasteiger partial charge in [-0.15, -0.1) is 0 Å². The molecular formula is C24H22O4. The van der Waals surface area contributed by atoms with Gasteiger partial charge in [-0.25, -0.2) is 0 Å². The van der Waals surface area contributed by atoms with Crippen LogP contribution in [-0.4, -0.2) is 20.0 Å². The summed E-state index contributed by atoms with van der Waals surface area (Å²) in [6.07, 6.45) is 3.28. The van der Waals surface area contributed by atoms with Crippen molar-refractivity contribution in [1.29, 1.82) is 0 Å². The van der Waals surface area contributed by atoms with Crippen molar-refractivity contribution in [3.8, 4) is 17.2 Å². The second kappa shape index (κ2) is 9.42. The highest BCUT2D eigenvalue weighted by Crippen LogP contribution is 2.30. The molecule has 0 fully saturated rings. The van der Waals surface area contributed by atoms with Gasteiger partial charge in [0.15, 0.2) is 5.78 Å². The lowest BCUT2D eigenvalue weighted by Gasteiger charge is -2.13. The van der Waals surface area contributed by atoms with E-state index in [4.69, 9.17) is 14.2 Å². The van der Waals surface area contributed by atoms with Crippen molar-refractivity contribution < 1.29 is 19.0 Å². The topological polar surface area (TPSA) is 44.8 Å². The second-order valence-electron chi connectivity index (χ2n) is 6.08. The van der Waals surface area contributed by atoms with E-state index in [1.165, 1.54) is 6.08 Å². The molecule has 0 heterocycles. The molecule has 0 saturated heterocycles. The van der Waals surface area contributed by atoms with E-state index in [9.17, 15) is 4.79 Å². The Labute approximate surface area is 165 Å². The molecule has 3 rings (SSSR count). The highest BCUT2D eigenvalue weighted by Gasteiger charge is 2.16. The predicted molar refractivity (Wildman–Crippen MR) is 110 cm³/mol. The highest BCUT2D eigenvalue weighted by molar-refractivity contribution is 6.10. The third-order valence-corrected chi connectivity index (χ3v) is 4.23. The summed E-state index contributed by atoms with van der Waals surface area (Å²) in [5.74, 6) is 1.56. The van der Waals surface area contributed by atoms with E-state index >= 15 is 0 Å². The third-order valence-electron chi connectivity index (χ3n) is 4.23. The fourth-order valence-corrected chi connectivity index (χ4v) is 2.75. The Balaban J connectivity index is 1.81. The maximum atomic E-state index is 12.9. The molecule has 3 aromatic rings. The van der Waals surface area contributed by atoms with E-state index in [0.29, 0.717) is 23.7 Å². The van der Waals surface area contributed by atoms with Crippen molar-refractivity contribution in [2.75, 3.05) is 14.2 Å². The Bertz CT molecular complexity index is 944. The summed E-state index contributed by atoms with van der Waals surface area (Å²) < 4.78 is 16.5. The standard InChI is InChI=1S/C24H22O4/c1-26-20-14-11-18(12-15-20)13-16-21(25)24-22(27-2)9-6-10-23(24)28-17-19-7-4-3-5-8-19/h3-16H,17H2,1-2H3/b16-13+. The fourth-order valence-electron chi connectivity index (χ4n) is 2.75. The lowest BCUT2D eigenvalue weighted by molar-refractivity contribution is 0.104. The molecule has 28 heavy (non-hydrogen) atoms. The van der Waals surface area contributed by atoms with Gasteiger partial charge < -0.3 is 14.2 Å². The minimum Gasteiger partial charge on any atom is -0.497 e. The maximum absolute atomic E-state index is 12.9. The van der Waals surface area contributed by atoms with Crippen molar-refractivity contribution in [2.24, 2.45) is 0 Å². The molecule has 4 heteroatoms. The molecule has 0 aliphatic heterocycles. The predicted octanol–water partition coefficient (Wildman–Crippen LogP) is 5.18. The molecule has 0 spiro atoms. The molecule has 0 radical (unpaired) electrons. The quantitative estimate of drug-likeness (QED) is 0.403. The summed E-state index contributed by atoms with van der Waals surface area (Å²) in [6.45, 7) is 0.372. The van der Waals surface area contributed by atoms with E-state index < -0.39 is 0 Å².